The van der Waals surface area contributed by atoms with E-state index in [1.807, 2.05) is 0 Å². The predicted molar refractivity (Wildman–Crippen MR) is 58.3 cm³/mol. The third-order valence-corrected chi connectivity index (χ3v) is 2.85. The first-order valence-electron chi connectivity index (χ1n) is 5.41. The first-order valence-corrected chi connectivity index (χ1v) is 5.41. The molecule has 2 rings (SSSR count). The quantitative estimate of drug-likeness (QED) is 0.699. The Morgan fingerprint density at radius 2 is 2.00 bits per heavy atom. The summed E-state index contributed by atoms with van der Waals surface area (Å²) < 4.78 is 5.70. The Morgan fingerprint density at radius 3 is 2.67 bits per heavy atom. The highest BCUT2D eigenvalue weighted by Crippen LogP contribution is 2.30. The molecule has 0 aromatic heterocycles. The molecule has 0 radical (unpaired) electrons. The van der Waals surface area contributed by atoms with Crippen LogP contribution in [0, 0.1) is 18.3 Å². The molecule has 2 heteroatoms. The third-order valence-electron chi connectivity index (χ3n) is 2.85. The summed E-state index contributed by atoms with van der Waals surface area (Å²) in [6, 6.07) is 10.6. The molecule has 0 saturated carbocycles. The van der Waals surface area contributed by atoms with E-state index >= 15 is 0 Å². The van der Waals surface area contributed by atoms with E-state index in [1.165, 1.54) is 11.1 Å². The maximum absolute atomic E-state index is 8.82. The summed E-state index contributed by atoms with van der Waals surface area (Å²) >= 11 is 0. The number of nitrogens with zero attached hydrogens (tertiary/aromatic N) is 1. The third kappa shape index (κ3) is 2.37. The van der Waals surface area contributed by atoms with Gasteiger partial charge in [-0.15, -0.1) is 0 Å². The van der Waals surface area contributed by atoms with Gasteiger partial charge < -0.3 is 4.74 Å². The summed E-state index contributed by atoms with van der Waals surface area (Å²) in [6.45, 7) is 2.07. The SMILES string of the molecule is Cc1ccc(C2CCC[C@H](C#N)O2)cc1. The second-order valence-electron chi connectivity index (χ2n) is 4.08. The minimum Gasteiger partial charge on any atom is -0.355 e. The Balaban J connectivity index is 2.10. The zero-order chi connectivity index (χ0) is 10.7. The molecule has 1 aliphatic heterocycles. The van der Waals surface area contributed by atoms with Crippen molar-refractivity contribution in [3.05, 3.63) is 35.4 Å². The molecule has 0 amide bonds. The molecule has 15 heavy (non-hydrogen) atoms. The Hall–Kier alpha value is -1.33. The molecule has 1 aliphatic rings. The van der Waals surface area contributed by atoms with Crippen LogP contribution in [0.5, 0.6) is 0 Å². The van der Waals surface area contributed by atoms with Gasteiger partial charge in [-0.1, -0.05) is 29.8 Å². The van der Waals surface area contributed by atoms with Crippen molar-refractivity contribution >= 4 is 0 Å². The Labute approximate surface area is 90.5 Å². The van der Waals surface area contributed by atoms with Gasteiger partial charge in [0.05, 0.1) is 12.2 Å². The molecule has 78 valence electrons. The lowest BCUT2D eigenvalue weighted by atomic mass is 9.98. The minimum atomic E-state index is -0.218. The van der Waals surface area contributed by atoms with Crippen molar-refractivity contribution in [1.29, 1.82) is 5.26 Å². The van der Waals surface area contributed by atoms with Crippen LogP contribution in [-0.4, -0.2) is 6.10 Å². The lowest BCUT2D eigenvalue weighted by Crippen LogP contribution is -2.20. The second kappa shape index (κ2) is 4.46. The molecule has 1 saturated heterocycles. The van der Waals surface area contributed by atoms with Gasteiger partial charge in [-0.05, 0) is 31.7 Å². The van der Waals surface area contributed by atoms with Crippen LogP contribution in [0.4, 0.5) is 0 Å². The van der Waals surface area contributed by atoms with Crippen LogP contribution in [0.3, 0.4) is 0 Å². The molecule has 1 aromatic carbocycles. The van der Waals surface area contributed by atoms with Crippen LogP contribution >= 0.6 is 0 Å². The Bertz CT molecular complexity index is 363. The van der Waals surface area contributed by atoms with E-state index in [0.717, 1.165) is 19.3 Å². The zero-order valence-corrected chi connectivity index (χ0v) is 8.94. The Kier molecular flexibility index (Phi) is 3.03. The molecule has 0 spiro atoms. The van der Waals surface area contributed by atoms with Crippen molar-refractivity contribution < 1.29 is 4.74 Å². The molecule has 1 aromatic rings. The number of hydrogen-bond donors (Lipinski definition) is 0. The van der Waals surface area contributed by atoms with Crippen molar-refractivity contribution in [3.63, 3.8) is 0 Å². The van der Waals surface area contributed by atoms with Gasteiger partial charge in [-0.2, -0.15) is 5.26 Å². The van der Waals surface area contributed by atoms with Gasteiger partial charge >= 0.3 is 0 Å². The van der Waals surface area contributed by atoms with Gasteiger partial charge in [0.25, 0.3) is 0 Å². The van der Waals surface area contributed by atoms with Gasteiger partial charge in [0, 0.05) is 0 Å². The van der Waals surface area contributed by atoms with E-state index in [-0.39, 0.29) is 12.2 Å². The monoisotopic (exact) mass is 201 g/mol. The average molecular weight is 201 g/mol. The molecular formula is C13H15NO. The summed E-state index contributed by atoms with van der Waals surface area (Å²) in [5.41, 5.74) is 2.45. The van der Waals surface area contributed by atoms with Crippen LogP contribution < -0.4 is 0 Å². The van der Waals surface area contributed by atoms with Crippen molar-refractivity contribution in [2.45, 2.75) is 38.4 Å². The molecule has 2 nitrogen and oxygen atoms in total. The number of rotatable bonds is 1. The summed E-state index contributed by atoms with van der Waals surface area (Å²) in [4.78, 5) is 0. The van der Waals surface area contributed by atoms with Crippen LogP contribution in [-0.2, 0) is 4.74 Å². The first kappa shape index (κ1) is 10.2. The number of ether oxygens (including phenoxy) is 1. The minimum absolute atomic E-state index is 0.115. The van der Waals surface area contributed by atoms with Gasteiger partial charge in [0.2, 0.25) is 0 Å². The van der Waals surface area contributed by atoms with Crippen LogP contribution in [0.1, 0.15) is 36.5 Å². The molecule has 0 aliphatic carbocycles. The zero-order valence-electron chi connectivity index (χ0n) is 8.94. The maximum Gasteiger partial charge on any atom is 0.144 e. The molecule has 2 atom stereocenters. The van der Waals surface area contributed by atoms with Crippen LogP contribution in [0.15, 0.2) is 24.3 Å². The fourth-order valence-electron chi connectivity index (χ4n) is 1.94. The summed E-state index contributed by atoms with van der Waals surface area (Å²) in [6.07, 6.45) is 2.88. The highest BCUT2D eigenvalue weighted by Gasteiger charge is 2.22. The van der Waals surface area contributed by atoms with Crippen LogP contribution in [0.25, 0.3) is 0 Å². The number of benzene rings is 1. The van der Waals surface area contributed by atoms with Gasteiger partial charge in [-0.25, -0.2) is 0 Å². The fourth-order valence-corrected chi connectivity index (χ4v) is 1.94. The standard InChI is InChI=1S/C13H15NO/c1-10-5-7-11(8-6-10)13-4-2-3-12(9-14)15-13/h5-8,12-13H,2-4H2,1H3/t12-,13?/m1/s1. The van der Waals surface area contributed by atoms with Crippen molar-refractivity contribution in [2.75, 3.05) is 0 Å². The van der Waals surface area contributed by atoms with Gasteiger partial charge in [0.15, 0.2) is 0 Å². The van der Waals surface area contributed by atoms with E-state index in [1.54, 1.807) is 0 Å². The maximum atomic E-state index is 8.82. The normalized spacial score (nSPS) is 25.9. The summed E-state index contributed by atoms with van der Waals surface area (Å²) in [7, 11) is 0. The lowest BCUT2D eigenvalue weighted by Gasteiger charge is -2.26. The number of hydrogen-bond acceptors (Lipinski definition) is 2. The first-order chi connectivity index (χ1) is 7.29. The van der Waals surface area contributed by atoms with Crippen molar-refractivity contribution in [1.82, 2.24) is 0 Å². The van der Waals surface area contributed by atoms with Crippen LogP contribution in [0.2, 0.25) is 0 Å². The molecule has 1 fully saturated rings. The predicted octanol–water partition coefficient (Wildman–Crippen LogP) is 3.13. The van der Waals surface area contributed by atoms with E-state index < -0.39 is 0 Å². The highest BCUT2D eigenvalue weighted by molar-refractivity contribution is 5.23. The van der Waals surface area contributed by atoms with E-state index in [9.17, 15) is 0 Å². The molecule has 0 N–H and O–H groups in total. The van der Waals surface area contributed by atoms with Gasteiger partial charge in [0.1, 0.15) is 6.10 Å². The van der Waals surface area contributed by atoms with E-state index in [0.29, 0.717) is 0 Å². The Morgan fingerprint density at radius 1 is 1.27 bits per heavy atom. The summed E-state index contributed by atoms with van der Waals surface area (Å²) in [5, 5.41) is 8.82. The molecular weight excluding hydrogens is 186 g/mol. The average Bonchev–Trinajstić information content (AvgIpc) is 2.30. The second-order valence-corrected chi connectivity index (χ2v) is 4.08. The number of nitriles is 1. The summed E-state index contributed by atoms with van der Waals surface area (Å²) in [5.74, 6) is 0. The fraction of sp³-hybridized carbons (Fsp3) is 0.462. The molecule has 1 heterocycles. The highest BCUT2D eigenvalue weighted by atomic mass is 16.5. The smallest absolute Gasteiger partial charge is 0.144 e. The molecule has 1 unspecified atom stereocenters. The van der Waals surface area contributed by atoms with Crippen molar-refractivity contribution in [3.8, 4) is 6.07 Å². The topological polar surface area (TPSA) is 33.0 Å². The lowest BCUT2D eigenvalue weighted by molar-refractivity contribution is -0.0228. The molecule has 0 bridgehead atoms. The van der Waals surface area contributed by atoms with E-state index in [4.69, 9.17) is 10.00 Å². The van der Waals surface area contributed by atoms with Gasteiger partial charge in [-0.3, -0.25) is 0 Å². The van der Waals surface area contributed by atoms with Crippen molar-refractivity contribution in [2.24, 2.45) is 0 Å². The largest absolute Gasteiger partial charge is 0.355 e. The number of aryl methyl sites for hydroxylation is 1. The van der Waals surface area contributed by atoms with E-state index in [2.05, 4.69) is 37.3 Å².